The summed E-state index contributed by atoms with van der Waals surface area (Å²) in [4.78, 5) is 13.6. The fourth-order valence-electron chi connectivity index (χ4n) is 1.56. The van der Waals surface area contributed by atoms with E-state index in [1.54, 1.807) is 12.1 Å². The maximum absolute atomic E-state index is 13.2. The van der Waals surface area contributed by atoms with E-state index in [9.17, 15) is 9.18 Å². The third kappa shape index (κ3) is 2.70. The van der Waals surface area contributed by atoms with Crippen LogP contribution in [0.4, 0.5) is 4.39 Å². The Balaban J connectivity index is 2.35. The van der Waals surface area contributed by atoms with Gasteiger partial charge in [-0.15, -0.1) is 11.3 Å². The molecule has 0 amide bonds. The first-order chi connectivity index (χ1) is 8.49. The van der Waals surface area contributed by atoms with Crippen molar-refractivity contribution in [3.63, 3.8) is 0 Å². The molecule has 2 aromatic rings. The van der Waals surface area contributed by atoms with Crippen LogP contribution in [0.2, 0.25) is 0 Å². The van der Waals surface area contributed by atoms with Crippen molar-refractivity contribution < 1.29 is 9.18 Å². The van der Waals surface area contributed by atoms with Gasteiger partial charge in [-0.1, -0.05) is 19.9 Å². The van der Waals surface area contributed by atoms with Gasteiger partial charge in [0.1, 0.15) is 5.82 Å². The van der Waals surface area contributed by atoms with Crippen LogP contribution < -0.4 is 0 Å². The number of rotatable bonds is 3. The molecule has 2 rings (SSSR count). The van der Waals surface area contributed by atoms with Crippen molar-refractivity contribution in [2.45, 2.75) is 13.8 Å². The maximum atomic E-state index is 13.2. The van der Waals surface area contributed by atoms with Gasteiger partial charge in [-0.3, -0.25) is 4.79 Å². The molecule has 0 unspecified atom stereocenters. The Morgan fingerprint density at radius 2 is 2.00 bits per heavy atom. The lowest BCUT2D eigenvalue weighted by Crippen LogP contribution is -2.04. The van der Waals surface area contributed by atoms with Crippen LogP contribution in [0.15, 0.2) is 34.8 Å². The predicted molar refractivity (Wildman–Crippen MR) is 76.6 cm³/mol. The highest BCUT2D eigenvalue weighted by Crippen LogP contribution is 2.31. The largest absolute Gasteiger partial charge is 0.293 e. The first-order valence-corrected chi connectivity index (χ1v) is 7.19. The lowest BCUT2D eigenvalue weighted by Gasteiger charge is -2.01. The Kier molecular flexibility index (Phi) is 3.97. The van der Waals surface area contributed by atoms with Crippen LogP contribution in [-0.4, -0.2) is 5.78 Å². The molecule has 0 saturated heterocycles. The highest BCUT2D eigenvalue weighted by Gasteiger charge is 2.14. The number of ketones is 1. The topological polar surface area (TPSA) is 17.1 Å². The third-order valence-electron chi connectivity index (χ3n) is 2.58. The smallest absolute Gasteiger partial charge is 0.175 e. The van der Waals surface area contributed by atoms with Crippen molar-refractivity contribution in [2.24, 2.45) is 5.92 Å². The minimum absolute atomic E-state index is 0.00328. The summed E-state index contributed by atoms with van der Waals surface area (Å²) in [5.74, 6) is -0.141. The zero-order chi connectivity index (χ0) is 13.3. The molecule has 1 aromatic heterocycles. The SMILES string of the molecule is CC(C)C(=O)c1ccc(-c2ccc(F)c(Br)c2)s1. The highest BCUT2D eigenvalue weighted by atomic mass is 79.9. The molecule has 0 aliphatic rings. The Bertz CT molecular complexity index is 589. The summed E-state index contributed by atoms with van der Waals surface area (Å²) in [5, 5.41) is 0. The number of thiophene rings is 1. The summed E-state index contributed by atoms with van der Waals surface area (Å²) in [6, 6.07) is 8.60. The minimum atomic E-state index is -0.284. The molecule has 0 fully saturated rings. The number of hydrogen-bond acceptors (Lipinski definition) is 2. The average Bonchev–Trinajstić information content (AvgIpc) is 2.81. The maximum Gasteiger partial charge on any atom is 0.175 e. The first kappa shape index (κ1) is 13.4. The summed E-state index contributed by atoms with van der Waals surface area (Å²) >= 11 is 4.61. The van der Waals surface area contributed by atoms with E-state index < -0.39 is 0 Å². The summed E-state index contributed by atoms with van der Waals surface area (Å²) < 4.78 is 13.6. The number of carbonyl (C=O) groups is 1. The van der Waals surface area contributed by atoms with Crippen LogP contribution in [0.25, 0.3) is 10.4 Å². The number of benzene rings is 1. The predicted octanol–water partition coefficient (Wildman–Crippen LogP) is 5.16. The summed E-state index contributed by atoms with van der Waals surface area (Å²) in [6.07, 6.45) is 0. The molecule has 0 bridgehead atoms. The van der Waals surface area contributed by atoms with Gasteiger partial charge >= 0.3 is 0 Å². The van der Waals surface area contributed by atoms with Crippen LogP contribution >= 0.6 is 27.3 Å². The van der Waals surface area contributed by atoms with Gasteiger partial charge in [-0.25, -0.2) is 4.39 Å². The van der Waals surface area contributed by atoms with Crippen LogP contribution in [0.3, 0.4) is 0 Å². The van der Waals surface area contributed by atoms with Crippen molar-refractivity contribution >= 4 is 33.0 Å². The quantitative estimate of drug-likeness (QED) is 0.712. The van der Waals surface area contributed by atoms with Crippen molar-refractivity contribution in [1.29, 1.82) is 0 Å². The van der Waals surface area contributed by atoms with E-state index in [0.717, 1.165) is 15.3 Å². The summed E-state index contributed by atoms with van der Waals surface area (Å²) in [5.41, 5.74) is 0.913. The first-order valence-electron chi connectivity index (χ1n) is 5.58. The minimum Gasteiger partial charge on any atom is -0.293 e. The van der Waals surface area contributed by atoms with Crippen molar-refractivity contribution in [1.82, 2.24) is 0 Å². The van der Waals surface area contributed by atoms with E-state index in [4.69, 9.17) is 0 Å². The zero-order valence-electron chi connectivity index (χ0n) is 10.0. The summed E-state index contributed by atoms with van der Waals surface area (Å²) in [7, 11) is 0. The molecule has 18 heavy (non-hydrogen) atoms. The van der Waals surface area contributed by atoms with Crippen LogP contribution in [0, 0.1) is 11.7 Å². The van der Waals surface area contributed by atoms with Gasteiger partial charge in [-0.2, -0.15) is 0 Å². The molecule has 94 valence electrons. The Morgan fingerprint density at radius 1 is 1.28 bits per heavy atom. The van der Waals surface area contributed by atoms with Crippen LogP contribution in [0.5, 0.6) is 0 Å². The second kappa shape index (κ2) is 5.33. The molecule has 0 atom stereocenters. The number of hydrogen-bond donors (Lipinski definition) is 0. The molecule has 0 N–H and O–H groups in total. The standard InChI is InChI=1S/C14H12BrFOS/c1-8(2)14(17)13-6-5-12(18-13)9-3-4-11(16)10(15)7-9/h3-8H,1-2H3. The molecule has 1 heterocycles. The van der Waals surface area contributed by atoms with Crippen molar-refractivity contribution in [3.8, 4) is 10.4 Å². The summed E-state index contributed by atoms with van der Waals surface area (Å²) in [6.45, 7) is 3.77. The van der Waals surface area contributed by atoms with E-state index in [1.807, 2.05) is 26.0 Å². The van der Waals surface area contributed by atoms with Gasteiger partial charge in [0.15, 0.2) is 5.78 Å². The second-order valence-electron chi connectivity index (χ2n) is 4.31. The van der Waals surface area contributed by atoms with Gasteiger partial charge in [0, 0.05) is 10.8 Å². The van der Waals surface area contributed by atoms with E-state index in [-0.39, 0.29) is 17.5 Å². The van der Waals surface area contributed by atoms with Gasteiger partial charge in [0.2, 0.25) is 0 Å². The molecule has 1 aromatic carbocycles. The molecular weight excluding hydrogens is 315 g/mol. The zero-order valence-corrected chi connectivity index (χ0v) is 12.4. The average molecular weight is 327 g/mol. The van der Waals surface area contributed by atoms with Gasteiger partial charge in [-0.05, 0) is 45.8 Å². The Labute approximate surface area is 118 Å². The number of Topliss-reactive ketones (excluding diaryl/α,β-unsaturated/α-hetero) is 1. The van der Waals surface area contributed by atoms with E-state index in [1.165, 1.54) is 17.4 Å². The monoisotopic (exact) mass is 326 g/mol. The third-order valence-corrected chi connectivity index (χ3v) is 4.33. The van der Waals surface area contributed by atoms with E-state index in [0.29, 0.717) is 4.47 Å². The van der Waals surface area contributed by atoms with Crippen LogP contribution in [0.1, 0.15) is 23.5 Å². The molecule has 0 aliphatic carbocycles. The second-order valence-corrected chi connectivity index (χ2v) is 6.25. The highest BCUT2D eigenvalue weighted by molar-refractivity contribution is 9.10. The number of carbonyl (C=O) groups excluding carboxylic acids is 1. The molecule has 4 heteroatoms. The lowest BCUT2D eigenvalue weighted by molar-refractivity contribution is 0.0943. The van der Waals surface area contributed by atoms with Crippen molar-refractivity contribution in [2.75, 3.05) is 0 Å². The lowest BCUT2D eigenvalue weighted by atomic mass is 10.1. The Morgan fingerprint density at radius 3 is 2.61 bits per heavy atom. The fourth-order valence-corrected chi connectivity index (χ4v) is 3.03. The van der Waals surface area contributed by atoms with Crippen molar-refractivity contribution in [3.05, 3.63) is 45.5 Å². The molecule has 0 aliphatic heterocycles. The molecule has 1 nitrogen and oxygen atoms in total. The molecular formula is C14H12BrFOS. The van der Waals surface area contributed by atoms with Crippen LogP contribution in [-0.2, 0) is 0 Å². The van der Waals surface area contributed by atoms with Gasteiger partial charge in [0.25, 0.3) is 0 Å². The van der Waals surface area contributed by atoms with Gasteiger partial charge in [0.05, 0.1) is 9.35 Å². The fraction of sp³-hybridized carbons (Fsp3) is 0.214. The number of halogens is 2. The van der Waals surface area contributed by atoms with Gasteiger partial charge < -0.3 is 0 Å². The normalized spacial score (nSPS) is 10.9. The molecule has 0 saturated carbocycles. The molecule has 0 spiro atoms. The Hall–Kier alpha value is -1.00. The van der Waals surface area contributed by atoms with E-state index >= 15 is 0 Å². The molecule has 0 radical (unpaired) electrons. The van der Waals surface area contributed by atoms with E-state index in [2.05, 4.69) is 15.9 Å².